The highest BCUT2D eigenvalue weighted by Crippen LogP contribution is 2.32. The Labute approximate surface area is 102 Å². The van der Waals surface area contributed by atoms with Gasteiger partial charge in [0.15, 0.2) is 0 Å². The Morgan fingerprint density at radius 3 is 2.44 bits per heavy atom. The average Bonchev–Trinajstić information content (AvgIpc) is 2.24. The molecule has 0 heterocycles. The molecule has 0 bridgehead atoms. The van der Waals surface area contributed by atoms with Gasteiger partial charge in [0.05, 0.1) is 11.1 Å². The van der Waals surface area contributed by atoms with E-state index in [4.69, 9.17) is 0 Å². The third kappa shape index (κ3) is 3.45. The minimum Gasteiger partial charge on any atom is -0.352 e. The first kappa shape index (κ1) is 14.5. The second kappa shape index (κ2) is 5.37. The van der Waals surface area contributed by atoms with E-state index in [-0.39, 0.29) is 12.5 Å². The highest BCUT2D eigenvalue weighted by molar-refractivity contribution is 5.96. The van der Waals surface area contributed by atoms with Crippen LogP contribution >= 0.6 is 0 Å². The molecule has 0 aliphatic carbocycles. The van der Waals surface area contributed by atoms with Gasteiger partial charge in [-0.3, -0.25) is 4.79 Å². The molecular weight excluding hydrogens is 250 g/mol. The van der Waals surface area contributed by atoms with Crippen LogP contribution in [0, 0.1) is 11.7 Å². The lowest BCUT2D eigenvalue weighted by atomic mass is 10.1. The average molecular weight is 263 g/mol. The predicted octanol–water partition coefficient (Wildman–Crippen LogP) is 3.23. The number of benzene rings is 1. The lowest BCUT2D eigenvalue weighted by Gasteiger charge is -2.14. The summed E-state index contributed by atoms with van der Waals surface area (Å²) in [5.41, 5.74) is -2.21. The number of carbonyl (C=O) groups excluding carboxylic acids is 1. The molecule has 1 amide bonds. The zero-order valence-corrected chi connectivity index (χ0v) is 9.94. The lowest BCUT2D eigenvalue weighted by molar-refractivity contribution is -0.138. The van der Waals surface area contributed by atoms with Gasteiger partial charge in [0.1, 0.15) is 5.82 Å². The van der Waals surface area contributed by atoms with Crippen molar-refractivity contribution >= 4 is 5.91 Å². The number of carbonyl (C=O) groups is 1. The number of halogens is 4. The van der Waals surface area contributed by atoms with E-state index in [1.165, 1.54) is 0 Å². The molecule has 0 saturated heterocycles. The van der Waals surface area contributed by atoms with E-state index >= 15 is 0 Å². The molecule has 0 aromatic heterocycles. The predicted molar refractivity (Wildman–Crippen MR) is 58.6 cm³/mol. The summed E-state index contributed by atoms with van der Waals surface area (Å²) in [4.78, 5) is 11.6. The van der Waals surface area contributed by atoms with E-state index in [9.17, 15) is 22.4 Å². The molecule has 1 N–H and O–H groups in total. The fraction of sp³-hybridized carbons (Fsp3) is 0.417. The zero-order valence-electron chi connectivity index (χ0n) is 9.94. The van der Waals surface area contributed by atoms with Crippen molar-refractivity contribution in [3.8, 4) is 0 Å². The summed E-state index contributed by atoms with van der Waals surface area (Å²) in [6, 6.07) is 2.45. The van der Waals surface area contributed by atoms with Gasteiger partial charge >= 0.3 is 6.18 Å². The molecule has 0 radical (unpaired) electrons. The molecule has 6 heteroatoms. The molecule has 0 fully saturated rings. The third-order valence-electron chi connectivity index (χ3n) is 2.22. The molecule has 0 spiro atoms. The van der Waals surface area contributed by atoms with Gasteiger partial charge in [0.25, 0.3) is 5.91 Å². The topological polar surface area (TPSA) is 29.1 Å². The van der Waals surface area contributed by atoms with Crippen LogP contribution in [0.2, 0.25) is 0 Å². The fourth-order valence-corrected chi connectivity index (χ4v) is 1.38. The Morgan fingerprint density at radius 2 is 1.94 bits per heavy atom. The van der Waals surface area contributed by atoms with Gasteiger partial charge in [-0.15, -0.1) is 0 Å². The molecule has 2 nitrogen and oxygen atoms in total. The van der Waals surface area contributed by atoms with Crippen LogP contribution in [-0.4, -0.2) is 12.5 Å². The second-order valence-corrected chi connectivity index (χ2v) is 4.26. The van der Waals surface area contributed by atoms with E-state index in [1.807, 2.05) is 0 Å². The van der Waals surface area contributed by atoms with Crippen molar-refractivity contribution in [1.29, 1.82) is 0 Å². The van der Waals surface area contributed by atoms with E-state index in [0.29, 0.717) is 6.07 Å². The van der Waals surface area contributed by atoms with E-state index in [0.717, 1.165) is 12.1 Å². The standard InChI is InChI=1S/C12H13F4NO/c1-7(2)6-17-11(18)10-8(12(14,15)16)4-3-5-9(10)13/h3-5,7H,6H2,1-2H3,(H,17,18). The Balaban J connectivity index is 3.10. The minimum atomic E-state index is -4.76. The van der Waals surface area contributed by atoms with Crippen LogP contribution < -0.4 is 5.32 Å². The number of hydrogen-bond acceptors (Lipinski definition) is 1. The number of rotatable bonds is 3. The summed E-state index contributed by atoms with van der Waals surface area (Å²) in [5.74, 6) is -2.16. The molecule has 18 heavy (non-hydrogen) atoms. The monoisotopic (exact) mass is 263 g/mol. The minimum absolute atomic E-state index is 0.0649. The summed E-state index contributed by atoms with van der Waals surface area (Å²) in [5, 5.41) is 2.27. The largest absolute Gasteiger partial charge is 0.417 e. The molecule has 1 rings (SSSR count). The van der Waals surface area contributed by atoms with Crippen LogP contribution in [0.3, 0.4) is 0 Å². The molecule has 0 atom stereocenters. The maximum atomic E-state index is 13.4. The van der Waals surface area contributed by atoms with Gasteiger partial charge < -0.3 is 5.32 Å². The first-order valence-corrected chi connectivity index (χ1v) is 5.37. The Bertz CT molecular complexity index is 440. The SMILES string of the molecule is CC(C)CNC(=O)c1c(F)cccc1C(F)(F)F. The summed E-state index contributed by atoms with van der Waals surface area (Å²) in [6.07, 6.45) is -4.76. The molecule has 0 aliphatic heterocycles. The van der Waals surface area contributed by atoms with E-state index in [2.05, 4.69) is 5.32 Å². The zero-order chi connectivity index (χ0) is 13.9. The van der Waals surface area contributed by atoms with E-state index in [1.54, 1.807) is 13.8 Å². The van der Waals surface area contributed by atoms with Gasteiger partial charge in [-0.25, -0.2) is 4.39 Å². The van der Waals surface area contributed by atoms with Gasteiger partial charge in [0, 0.05) is 6.54 Å². The van der Waals surface area contributed by atoms with Crippen molar-refractivity contribution in [2.45, 2.75) is 20.0 Å². The van der Waals surface area contributed by atoms with Gasteiger partial charge in [-0.2, -0.15) is 13.2 Å². The van der Waals surface area contributed by atoms with Crippen molar-refractivity contribution in [1.82, 2.24) is 5.32 Å². The maximum absolute atomic E-state index is 13.4. The van der Waals surface area contributed by atoms with Crippen LogP contribution in [0.4, 0.5) is 17.6 Å². The van der Waals surface area contributed by atoms with Crippen LogP contribution in [-0.2, 0) is 6.18 Å². The Morgan fingerprint density at radius 1 is 1.33 bits per heavy atom. The third-order valence-corrected chi connectivity index (χ3v) is 2.22. The quantitative estimate of drug-likeness (QED) is 0.833. The summed E-state index contributed by atoms with van der Waals surface area (Å²) >= 11 is 0. The smallest absolute Gasteiger partial charge is 0.352 e. The van der Waals surface area contributed by atoms with Gasteiger partial charge in [-0.05, 0) is 18.1 Å². The number of hydrogen-bond donors (Lipinski definition) is 1. The fourth-order valence-electron chi connectivity index (χ4n) is 1.38. The van der Waals surface area contributed by atoms with Crippen LogP contribution in [0.1, 0.15) is 29.8 Å². The number of alkyl halides is 3. The summed E-state index contributed by atoms with van der Waals surface area (Å²) in [7, 11) is 0. The molecule has 0 aliphatic rings. The molecule has 1 aromatic carbocycles. The second-order valence-electron chi connectivity index (χ2n) is 4.26. The molecule has 100 valence electrons. The highest BCUT2D eigenvalue weighted by atomic mass is 19.4. The van der Waals surface area contributed by atoms with Crippen molar-refractivity contribution in [3.05, 3.63) is 35.1 Å². The van der Waals surface area contributed by atoms with E-state index < -0.39 is 29.0 Å². The molecule has 1 aromatic rings. The Hall–Kier alpha value is -1.59. The van der Waals surface area contributed by atoms with Crippen LogP contribution in [0.5, 0.6) is 0 Å². The molecular formula is C12H13F4NO. The first-order valence-electron chi connectivity index (χ1n) is 5.37. The Kier molecular flexibility index (Phi) is 4.32. The van der Waals surface area contributed by atoms with Crippen molar-refractivity contribution in [3.63, 3.8) is 0 Å². The van der Waals surface area contributed by atoms with Crippen LogP contribution in [0.25, 0.3) is 0 Å². The lowest BCUT2D eigenvalue weighted by Crippen LogP contribution is -2.30. The normalized spacial score (nSPS) is 11.7. The maximum Gasteiger partial charge on any atom is 0.417 e. The van der Waals surface area contributed by atoms with Crippen molar-refractivity contribution < 1.29 is 22.4 Å². The molecule has 0 unspecified atom stereocenters. The molecule has 0 saturated carbocycles. The van der Waals surface area contributed by atoms with Gasteiger partial charge in [-0.1, -0.05) is 19.9 Å². The van der Waals surface area contributed by atoms with Gasteiger partial charge in [0.2, 0.25) is 0 Å². The van der Waals surface area contributed by atoms with Crippen LogP contribution in [0.15, 0.2) is 18.2 Å². The summed E-state index contributed by atoms with van der Waals surface area (Å²) in [6.45, 7) is 3.75. The highest BCUT2D eigenvalue weighted by Gasteiger charge is 2.36. The first-order chi connectivity index (χ1) is 8.23. The summed E-state index contributed by atoms with van der Waals surface area (Å²) < 4.78 is 51.3. The number of amides is 1. The van der Waals surface area contributed by atoms with Crippen molar-refractivity contribution in [2.24, 2.45) is 5.92 Å². The van der Waals surface area contributed by atoms with Crippen molar-refractivity contribution in [2.75, 3.05) is 6.54 Å². The number of nitrogens with one attached hydrogen (secondary N) is 1.